The predicted octanol–water partition coefficient (Wildman–Crippen LogP) is 2.06. The Morgan fingerprint density at radius 2 is 2.12 bits per heavy atom. The molecule has 2 fully saturated rings. The highest BCUT2D eigenvalue weighted by Gasteiger charge is 2.52. The topological polar surface area (TPSA) is 39.7 Å². The molecule has 25 heavy (non-hydrogen) atoms. The van der Waals surface area contributed by atoms with Crippen LogP contribution in [0, 0.1) is 0 Å². The van der Waals surface area contributed by atoms with Crippen molar-refractivity contribution in [3.63, 3.8) is 0 Å². The summed E-state index contributed by atoms with van der Waals surface area (Å²) in [5.74, 6) is 0.274. The molecule has 2 aliphatic rings. The van der Waals surface area contributed by atoms with Gasteiger partial charge < -0.3 is 4.90 Å². The van der Waals surface area contributed by atoms with Crippen LogP contribution >= 0.6 is 11.3 Å². The molecule has 0 radical (unpaired) electrons. The van der Waals surface area contributed by atoms with Crippen LogP contribution in [-0.2, 0) is 17.9 Å². The number of pyridine rings is 1. The van der Waals surface area contributed by atoms with Crippen LogP contribution in [0.1, 0.15) is 17.5 Å². The molecule has 1 atom stereocenters. The quantitative estimate of drug-likeness (QED) is 0.841. The lowest BCUT2D eigenvalue weighted by Crippen LogP contribution is -2.65. The van der Waals surface area contributed by atoms with E-state index in [1.807, 2.05) is 24.2 Å². The highest BCUT2D eigenvalue weighted by Crippen LogP contribution is 2.34. The number of likely N-dealkylation sites (N-methyl/N-ethyl adjacent to an activating group) is 1. The molecule has 2 aromatic heterocycles. The number of carbonyl (C=O) groups is 1. The molecule has 0 N–H and O–H groups in total. The van der Waals surface area contributed by atoms with Crippen LogP contribution in [0.25, 0.3) is 0 Å². The molecule has 1 amide bonds. The lowest BCUT2D eigenvalue weighted by molar-refractivity contribution is -0.149. The smallest absolute Gasteiger partial charge is 0.244 e. The molecular formula is C19H24N4OS. The van der Waals surface area contributed by atoms with E-state index in [4.69, 9.17) is 0 Å². The normalized spacial score (nSPS) is 25.2. The third kappa shape index (κ3) is 3.21. The molecule has 4 rings (SSSR count). The van der Waals surface area contributed by atoms with Gasteiger partial charge in [-0.3, -0.25) is 19.6 Å². The minimum absolute atomic E-state index is 0.274. The van der Waals surface area contributed by atoms with Crippen molar-refractivity contribution in [2.45, 2.75) is 25.0 Å². The van der Waals surface area contributed by atoms with Gasteiger partial charge in [0.2, 0.25) is 5.91 Å². The molecule has 2 aliphatic heterocycles. The van der Waals surface area contributed by atoms with Gasteiger partial charge in [-0.05, 0) is 40.4 Å². The van der Waals surface area contributed by atoms with Gasteiger partial charge in [-0.2, -0.15) is 11.3 Å². The molecule has 2 aromatic rings. The minimum atomic E-state index is -0.390. The Balaban J connectivity index is 1.55. The van der Waals surface area contributed by atoms with Crippen LogP contribution in [0.2, 0.25) is 0 Å². The molecule has 0 aliphatic carbocycles. The van der Waals surface area contributed by atoms with Gasteiger partial charge in [0.1, 0.15) is 5.54 Å². The SMILES string of the molecule is CN1CCN(Cc2cccnc2)[C@@]2(CCN(Cc3ccsc3)C2)C1=O. The van der Waals surface area contributed by atoms with E-state index in [-0.39, 0.29) is 5.91 Å². The molecule has 6 heteroatoms. The van der Waals surface area contributed by atoms with Gasteiger partial charge in [-0.15, -0.1) is 0 Å². The average Bonchev–Trinajstić information content (AvgIpc) is 3.28. The molecular weight excluding hydrogens is 332 g/mol. The van der Waals surface area contributed by atoms with Crippen molar-refractivity contribution < 1.29 is 4.79 Å². The summed E-state index contributed by atoms with van der Waals surface area (Å²) < 4.78 is 0. The maximum absolute atomic E-state index is 13.1. The van der Waals surface area contributed by atoms with E-state index >= 15 is 0 Å². The summed E-state index contributed by atoms with van der Waals surface area (Å²) in [6.07, 6.45) is 4.61. The van der Waals surface area contributed by atoms with Crippen molar-refractivity contribution in [2.75, 3.05) is 33.2 Å². The Morgan fingerprint density at radius 1 is 1.20 bits per heavy atom. The zero-order chi connectivity index (χ0) is 17.3. The Labute approximate surface area is 152 Å². The molecule has 1 spiro atoms. The fourth-order valence-electron chi connectivity index (χ4n) is 4.10. The van der Waals surface area contributed by atoms with E-state index in [9.17, 15) is 4.79 Å². The van der Waals surface area contributed by atoms with Crippen LogP contribution in [-0.4, -0.2) is 64.4 Å². The van der Waals surface area contributed by atoms with Crippen molar-refractivity contribution in [3.05, 3.63) is 52.5 Å². The molecule has 132 valence electrons. The molecule has 0 saturated carbocycles. The Kier molecular flexibility index (Phi) is 4.58. The van der Waals surface area contributed by atoms with E-state index < -0.39 is 5.54 Å². The maximum Gasteiger partial charge on any atom is 0.244 e. The second-order valence-electron chi connectivity index (χ2n) is 7.13. The van der Waals surface area contributed by atoms with Gasteiger partial charge >= 0.3 is 0 Å². The fourth-order valence-corrected chi connectivity index (χ4v) is 4.76. The highest BCUT2D eigenvalue weighted by atomic mass is 32.1. The highest BCUT2D eigenvalue weighted by molar-refractivity contribution is 7.07. The summed E-state index contributed by atoms with van der Waals surface area (Å²) >= 11 is 1.73. The fraction of sp³-hybridized carbons (Fsp3) is 0.474. The molecule has 0 unspecified atom stereocenters. The number of carbonyl (C=O) groups excluding carboxylic acids is 1. The average molecular weight is 356 g/mol. The monoisotopic (exact) mass is 356 g/mol. The van der Waals surface area contributed by atoms with Crippen LogP contribution in [0.5, 0.6) is 0 Å². The number of aromatic nitrogens is 1. The number of piperazine rings is 1. The van der Waals surface area contributed by atoms with Gasteiger partial charge in [-0.25, -0.2) is 0 Å². The van der Waals surface area contributed by atoms with Crippen LogP contribution in [0.3, 0.4) is 0 Å². The largest absolute Gasteiger partial charge is 0.343 e. The number of thiophene rings is 1. The molecule has 0 bridgehead atoms. The van der Waals surface area contributed by atoms with Gasteiger partial charge in [-0.1, -0.05) is 6.07 Å². The third-order valence-corrected chi connectivity index (χ3v) is 6.20. The van der Waals surface area contributed by atoms with Gasteiger partial charge in [0.15, 0.2) is 0 Å². The summed E-state index contributed by atoms with van der Waals surface area (Å²) in [5, 5.41) is 4.32. The van der Waals surface area contributed by atoms with Crippen LogP contribution < -0.4 is 0 Å². The molecule has 0 aromatic carbocycles. The van der Waals surface area contributed by atoms with Crippen molar-refractivity contribution in [2.24, 2.45) is 0 Å². The number of nitrogens with zero attached hydrogens (tertiary/aromatic N) is 4. The first-order valence-corrected chi connectivity index (χ1v) is 9.75. The zero-order valence-corrected chi connectivity index (χ0v) is 15.4. The van der Waals surface area contributed by atoms with Crippen molar-refractivity contribution in [3.8, 4) is 0 Å². The standard InChI is InChI=1S/C19H24N4OS/c1-21-8-9-23(13-16-3-2-6-20-11-16)19(18(21)24)5-7-22(15-19)12-17-4-10-25-14-17/h2-4,6,10-11,14H,5,7-9,12-13,15H2,1H3/t19-/m1/s1. The van der Waals surface area contributed by atoms with E-state index in [0.717, 1.165) is 45.7 Å². The van der Waals surface area contributed by atoms with E-state index in [1.54, 1.807) is 17.5 Å². The minimum Gasteiger partial charge on any atom is -0.343 e. The van der Waals surface area contributed by atoms with E-state index in [2.05, 4.69) is 37.7 Å². The molecule has 4 heterocycles. The Morgan fingerprint density at radius 3 is 2.88 bits per heavy atom. The lowest BCUT2D eigenvalue weighted by atomic mass is 9.91. The number of amides is 1. The first kappa shape index (κ1) is 16.7. The summed E-state index contributed by atoms with van der Waals surface area (Å²) in [6.45, 7) is 5.22. The van der Waals surface area contributed by atoms with Crippen LogP contribution in [0.4, 0.5) is 0 Å². The van der Waals surface area contributed by atoms with Gasteiger partial charge in [0, 0.05) is 58.7 Å². The second kappa shape index (κ2) is 6.86. The number of likely N-dealkylation sites (tertiary alicyclic amines) is 1. The summed E-state index contributed by atoms with van der Waals surface area (Å²) in [7, 11) is 1.94. The Bertz CT molecular complexity index is 720. The Hall–Kier alpha value is -1.76. The second-order valence-corrected chi connectivity index (χ2v) is 7.91. The summed E-state index contributed by atoms with van der Waals surface area (Å²) in [6, 6.07) is 6.25. The van der Waals surface area contributed by atoms with Crippen molar-refractivity contribution in [1.82, 2.24) is 19.7 Å². The summed E-state index contributed by atoms with van der Waals surface area (Å²) in [5.41, 5.74) is 2.13. The third-order valence-electron chi connectivity index (χ3n) is 5.46. The van der Waals surface area contributed by atoms with Gasteiger partial charge in [0.25, 0.3) is 0 Å². The number of rotatable bonds is 4. The van der Waals surface area contributed by atoms with Gasteiger partial charge in [0.05, 0.1) is 0 Å². The lowest BCUT2D eigenvalue weighted by Gasteiger charge is -2.46. The summed E-state index contributed by atoms with van der Waals surface area (Å²) in [4.78, 5) is 24.1. The first-order valence-electron chi connectivity index (χ1n) is 8.80. The number of hydrogen-bond acceptors (Lipinski definition) is 5. The first-order chi connectivity index (χ1) is 12.2. The van der Waals surface area contributed by atoms with E-state index in [1.165, 1.54) is 11.1 Å². The zero-order valence-electron chi connectivity index (χ0n) is 14.6. The maximum atomic E-state index is 13.1. The van der Waals surface area contributed by atoms with E-state index in [0.29, 0.717) is 0 Å². The number of hydrogen-bond donors (Lipinski definition) is 0. The van der Waals surface area contributed by atoms with Crippen molar-refractivity contribution in [1.29, 1.82) is 0 Å². The van der Waals surface area contributed by atoms with Crippen molar-refractivity contribution >= 4 is 17.2 Å². The predicted molar refractivity (Wildman–Crippen MR) is 99.2 cm³/mol. The van der Waals surface area contributed by atoms with Crippen LogP contribution in [0.15, 0.2) is 41.4 Å². The molecule has 2 saturated heterocycles. The molecule has 5 nitrogen and oxygen atoms in total.